The average Bonchev–Trinajstić information content (AvgIpc) is 2.96. The SMILES string of the molecule is COc1ccc(C=C2N=C(c3cccc(F)c3)NC2=O)c(OC)c1. The number of hydrogen-bond acceptors (Lipinski definition) is 4. The number of benzene rings is 2. The van der Waals surface area contributed by atoms with Gasteiger partial charge in [-0.25, -0.2) is 9.38 Å². The van der Waals surface area contributed by atoms with Crippen molar-refractivity contribution in [2.75, 3.05) is 14.2 Å². The number of nitrogens with one attached hydrogen (secondary N) is 1. The average molecular weight is 326 g/mol. The van der Waals surface area contributed by atoms with Gasteiger partial charge in [-0.05, 0) is 30.3 Å². The summed E-state index contributed by atoms with van der Waals surface area (Å²) in [6.45, 7) is 0. The molecule has 2 aromatic rings. The van der Waals surface area contributed by atoms with Crippen LogP contribution in [0.3, 0.4) is 0 Å². The zero-order valence-corrected chi connectivity index (χ0v) is 13.2. The number of halogens is 1. The summed E-state index contributed by atoms with van der Waals surface area (Å²) in [5.74, 6) is 0.780. The second-order valence-corrected chi connectivity index (χ2v) is 5.06. The van der Waals surface area contributed by atoms with Crippen molar-refractivity contribution < 1.29 is 18.7 Å². The minimum Gasteiger partial charge on any atom is -0.497 e. The van der Waals surface area contributed by atoms with E-state index < -0.39 is 5.82 Å². The Kier molecular flexibility index (Phi) is 4.29. The summed E-state index contributed by atoms with van der Waals surface area (Å²) in [4.78, 5) is 16.4. The van der Waals surface area contributed by atoms with E-state index in [1.807, 2.05) is 0 Å². The normalized spacial score (nSPS) is 15.2. The molecule has 1 heterocycles. The number of nitrogens with zero attached hydrogens (tertiary/aromatic N) is 1. The van der Waals surface area contributed by atoms with E-state index in [-0.39, 0.29) is 11.6 Å². The molecule has 1 aliphatic heterocycles. The molecule has 0 aliphatic carbocycles. The van der Waals surface area contributed by atoms with Gasteiger partial charge in [-0.3, -0.25) is 4.79 Å². The molecule has 0 unspecified atom stereocenters. The highest BCUT2D eigenvalue weighted by molar-refractivity contribution is 6.19. The molecule has 1 amide bonds. The minimum atomic E-state index is -0.390. The quantitative estimate of drug-likeness (QED) is 0.879. The maximum atomic E-state index is 13.3. The molecule has 1 N–H and O–H groups in total. The number of rotatable bonds is 4. The standard InChI is InChI=1S/C18H15FN2O3/c1-23-14-7-6-11(16(10-14)24-2)9-15-18(22)21-17(20-15)12-4-3-5-13(19)8-12/h3-10H,1-2H3,(H,20,21,22). The molecule has 0 saturated carbocycles. The molecule has 0 radical (unpaired) electrons. The fourth-order valence-electron chi connectivity index (χ4n) is 2.33. The van der Waals surface area contributed by atoms with E-state index in [2.05, 4.69) is 10.3 Å². The lowest BCUT2D eigenvalue weighted by Gasteiger charge is -2.07. The number of amides is 1. The molecule has 3 rings (SSSR count). The molecular weight excluding hydrogens is 311 g/mol. The van der Waals surface area contributed by atoms with Crippen molar-refractivity contribution in [2.24, 2.45) is 4.99 Å². The summed E-state index contributed by atoms with van der Waals surface area (Å²) in [6.07, 6.45) is 1.61. The molecule has 2 aromatic carbocycles. The maximum Gasteiger partial charge on any atom is 0.275 e. The van der Waals surface area contributed by atoms with Gasteiger partial charge < -0.3 is 14.8 Å². The van der Waals surface area contributed by atoms with E-state index in [9.17, 15) is 9.18 Å². The van der Waals surface area contributed by atoms with Crippen molar-refractivity contribution in [3.05, 3.63) is 65.1 Å². The molecule has 0 aromatic heterocycles. The Morgan fingerprint density at radius 1 is 1.12 bits per heavy atom. The van der Waals surface area contributed by atoms with Crippen molar-refractivity contribution in [2.45, 2.75) is 0 Å². The first-order valence-electron chi connectivity index (χ1n) is 7.20. The van der Waals surface area contributed by atoms with Crippen LogP contribution in [0.5, 0.6) is 11.5 Å². The summed E-state index contributed by atoms with van der Waals surface area (Å²) in [5, 5.41) is 2.64. The van der Waals surface area contributed by atoms with E-state index in [1.54, 1.807) is 43.5 Å². The lowest BCUT2D eigenvalue weighted by Crippen LogP contribution is -2.24. The van der Waals surface area contributed by atoms with Crippen LogP contribution in [0.15, 0.2) is 53.2 Å². The molecule has 0 atom stereocenters. The Labute approximate surface area is 138 Å². The summed E-state index contributed by atoms with van der Waals surface area (Å²) in [5.41, 5.74) is 1.42. The van der Waals surface area contributed by atoms with Crippen LogP contribution in [0.1, 0.15) is 11.1 Å². The summed E-state index contributed by atoms with van der Waals surface area (Å²) < 4.78 is 23.8. The van der Waals surface area contributed by atoms with E-state index in [0.717, 1.165) is 0 Å². The first-order valence-corrected chi connectivity index (χ1v) is 7.20. The van der Waals surface area contributed by atoms with E-state index in [4.69, 9.17) is 9.47 Å². The van der Waals surface area contributed by atoms with Gasteiger partial charge in [-0.2, -0.15) is 0 Å². The molecule has 122 valence electrons. The van der Waals surface area contributed by atoms with Crippen molar-refractivity contribution in [3.63, 3.8) is 0 Å². The van der Waals surface area contributed by atoms with Crippen LogP contribution in [-0.4, -0.2) is 26.0 Å². The van der Waals surface area contributed by atoms with Gasteiger partial charge in [0.25, 0.3) is 5.91 Å². The topological polar surface area (TPSA) is 59.9 Å². The molecule has 1 aliphatic rings. The summed E-state index contributed by atoms with van der Waals surface area (Å²) in [7, 11) is 3.10. The van der Waals surface area contributed by atoms with Gasteiger partial charge in [0.2, 0.25) is 0 Å². The number of hydrogen-bond donors (Lipinski definition) is 1. The lowest BCUT2D eigenvalue weighted by atomic mass is 10.1. The molecule has 24 heavy (non-hydrogen) atoms. The highest BCUT2D eigenvalue weighted by Gasteiger charge is 2.21. The van der Waals surface area contributed by atoms with Gasteiger partial charge in [-0.1, -0.05) is 12.1 Å². The van der Waals surface area contributed by atoms with Crippen LogP contribution in [0, 0.1) is 5.82 Å². The number of carbonyl (C=O) groups is 1. The third kappa shape index (κ3) is 3.12. The molecule has 0 spiro atoms. The number of amidine groups is 1. The number of aliphatic imine (C=N–C) groups is 1. The van der Waals surface area contributed by atoms with Crippen LogP contribution in [-0.2, 0) is 4.79 Å². The Balaban J connectivity index is 1.97. The van der Waals surface area contributed by atoms with Crippen molar-refractivity contribution in [3.8, 4) is 11.5 Å². The first-order chi connectivity index (χ1) is 11.6. The van der Waals surface area contributed by atoms with Crippen LogP contribution in [0.4, 0.5) is 4.39 Å². The molecule has 0 fully saturated rings. The fourth-order valence-corrected chi connectivity index (χ4v) is 2.33. The largest absolute Gasteiger partial charge is 0.497 e. The van der Waals surface area contributed by atoms with E-state index >= 15 is 0 Å². The van der Waals surface area contributed by atoms with Crippen molar-refractivity contribution >= 4 is 17.8 Å². The summed E-state index contributed by atoms with van der Waals surface area (Å²) >= 11 is 0. The Bertz CT molecular complexity index is 859. The van der Waals surface area contributed by atoms with Crippen LogP contribution in [0.25, 0.3) is 6.08 Å². The molecule has 6 heteroatoms. The van der Waals surface area contributed by atoms with E-state index in [0.29, 0.717) is 28.5 Å². The second kappa shape index (κ2) is 6.54. The Hall–Kier alpha value is -3.15. The van der Waals surface area contributed by atoms with Crippen LogP contribution < -0.4 is 14.8 Å². The van der Waals surface area contributed by atoms with Gasteiger partial charge in [0.1, 0.15) is 28.8 Å². The van der Waals surface area contributed by atoms with Crippen molar-refractivity contribution in [1.82, 2.24) is 5.32 Å². The molecule has 0 bridgehead atoms. The predicted octanol–water partition coefficient (Wildman–Crippen LogP) is 2.76. The highest BCUT2D eigenvalue weighted by atomic mass is 19.1. The third-order valence-corrected chi connectivity index (χ3v) is 3.53. The fraction of sp³-hybridized carbons (Fsp3) is 0.111. The zero-order chi connectivity index (χ0) is 17.1. The highest BCUT2D eigenvalue weighted by Crippen LogP contribution is 2.27. The van der Waals surface area contributed by atoms with Crippen LogP contribution in [0.2, 0.25) is 0 Å². The van der Waals surface area contributed by atoms with Gasteiger partial charge in [-0.15, -0.1) is 0 Å². The monoisotopic (exact) mass is 326 g/mol. The number of ether oxygens (including phenoxy) is 2. The lowest BCUT2D eigenvalue weighted by molar-refractivity contribution is -0.115. The number of methoxy groups -OCH3 is 2. The third-order valence-electron chi connectivity index (χ3n) is 3.53. The summed E-state index contributed by atoms with van der Waals surface area (Å²) in [6, 6.07) is 11.1. The maximum absolute atomic E-state index is 13.3. The van der Waals surface area contributed by atoms with Crippen molar-refractivity contribution in [1.29, 1.82) is 0 Å². The predicted molar refractivity (Wildman–Crippen MR) is 88.6 cm³/mol. The van der Waals surface area contributed by atoms with Crippen LogP contribution >= 0.6 is 0 Å². The molecule has 0 saturated heterocycles. The molecular formula is C18H15FN2O3. The van der Waals surface area contributed by atoms with Gasteiger partial charge in [0.15, 0.2) is 0 Å². The Morgan fingerprint density at radius 3 is 2.67 bits per heavy atom. The first kappa shape index (κ1) is 15.7. The number of carbonyl (C=O) groups excluding carboxylic acids is 1. The van der Waals surface area contributed by atoms with Gasteiger partial charge in [0, 0.05) is 17.2 Å². The smallest absolute Gasteiger partial charge is 0.275 e. The van der Waals surface area contributed by atoms with E-state index in [1.165, 1.54) is 19.2 Å². The Morgan fingerprint density at radius 2 is 1.96 bits per heavy atom. The van der Waals surface area contributed by atoms with Gasteiger partial charge in [0.05, 0.1) is 14.2 Å². The minimum absolute atomic E-state index is 0.220. The molecule has 5 nitrogen and oxygen atoms in total. The van der Waals surface area contributed by atoms with Gasteiger partial charge >= 0.3 is 0 Å². The second-order valence-electron chi connectivity index (χ2n) is 5.06. The zero-order valence-electron chi connectivity index (χ0n) is 13.2.